The molecular weight excluding hydrogens is 282 g/mol. The second-order valence-electron chi connectivity index (χ2n) is 5.88. The molecule has 6 nitrogen and oxygen atoms in total. The van der Waals surface area contributed by atoms with Gasteiger partial charge in [0, 0.05) is 13.1 Å². The van der Waals surface area contributed by atoms with Crippen LogP contribution in [0.5, 0.6) is 11.5 Å². The molecule has 124 valence electrons. The van der Waals surface area contributed by atoms with E-state index in [4.69, 9.17) is 9.47 Å². The summed E-state index contributed by atoms with van der Waals surface area (Å²) >= 11 is 0. The number of benzene rings is 1. The number of carbonyl (C=O) groups is 1. The van der Waals surface area contributed by atoms with Crippen LogP contribution in [0, 0.1) is 0 Å². The fourth-order valence-electron chi connectivity index (χ4n) is 2.02. The van der Waals surface area contributed by atoms with Gasteiger partial charge in [-0.05, 0) is 45.6 Å². The Bertz CT molecular complexity index is 501. The molecule has 0 radical (unpaired) electrons. The molecule has 0 heterocycles. The van der Waals surface area contributed by atoms with Crippen LogP contribution in [0.4, 0.5) is 4.79 Å². The molecule has 0 fully saturated rings. The second kappa shape index (κ2) is 7.89. The van der Waals surface area contributed by atoms with Gasteiger partial charge in [0.25, 0.3) is 0 Å². The van der Waals surface area contributed by atoms with E-state index in [2.05, 4.69) is 10.6 Å². The van der Waals surface area contributed by atoms with Crippen molar-refractivity contribution >= 4 is 6.03 Å². The smallest absolute Gasteiger partial charge is 0.315 e. The summed E-state index contributed by atoms with van der Waals surface area (Å²) in [7, 11) is 7.12. The largest absolute Gasteiger partial charge is 0.493 e. The maximum Gasteiger partial charge on any atom is 0.315 e. The number of carbonyl (C=O) groups excluding carboxylic acids is 1. The highest BCUT2D eigenvalue weighted by atomic mass is 16.5. The number of amides is 2. The van der Waals surface area contributed by atoms with Gasteiger partial charge in [0.05, 0.1) is 19.8 Å². The molecule has 1 rings (SSSR count). The van der Waals surface area contributed by atoms with Crippen LogP contribution < -0.4 is 20.1 Å². The van der Waals surface area contributed by atoms with Crippen LogP contribution in [0.25, 0.3) is 0 Å². The van der Waals surface area contributed by atoms with Crippen molar-refractivity contribution in [2.45, 2.75) is 19.4 Å². The van der Waals surface area contributed by atoms with Crippen LogP contribution in [-0.2, 0) is 5.54 Å². The predicted molar refractivity (Wildman–Crippen MR) is 87.7 cm³/mol. The third-order valence-electron chi connectivity index (χ3n) is 3.38. The summed E-state index contributed by atoms with van der Waals surface area (Å²) < 4.78 is 10.5. The molecular formula is C16H27N3O3. The molecule has 1 aromatic rings. The standard InChI is InChI=1S/C16H27N3O3/c1-16(2,18-15(20)17-9-10-19(3)4)12-7-8-13(21-5)14(11-12)22-6/h7-8,11H,9-10H2,1-6H3,(H2,17,18,20). The van der Waals surface area contributed by atoms with E-state index in [-0.39, 0.29) is 6.03 Å². The van der Waals surface area contributed by atoms with E-state index in [1.807, 2.05) is 51.0 Å². The van der Waals surface area contributed by atoms with Crippen LogP contribution in [0.2, 0.25) is 0 Å². The van der Waals surface area contributed by atoms with Gasteiger partial charge in [0.2, 0.25) is 0 Å². The monoisotopic (exact) mass is 309 g/mol. The first kappa shape index (κ1) is 18.1. The van der Waals surface area contributed by atoms with Gasteiger partial charge in [-0.2, -0.15) is 0 Å². The normalized spacial score (nSPS) is 11.2. The summed E-state index contributed by atoms with van der Waals surface area (Å²) in [5.74, 6) is 1.31. The van der Waals surface area contributed by atoms with E-state index in [0.29, 0.717) is 18.0 Å². The molecule has 0 spiro atoms. The highest BCUT2D eigenvalue weighted by Gasteiger charge is 2.24. The van der Waals surface area contributed by atoms with E-state index >= 15 is 0 Å². The Balaban J connectivity index is 2.74. The van der Waals surface area contributed by atoms with Crippen molar-refractivity contribution in [1.29, 1.82) is 0 Å². The molecule has 1 aromatic carbocycles. The highest BCUT2D eigenvalue weighted by molar-refractivity contribution is 5.75. The number of nitrogens with one attached hydrogen (secondary N) is 2. The van der Waals surface area contributed by atoms with Crippen LogP contribution in [-0.4, -0.2) is 52.3 Å². The molecule has 0 aliphatic carbocycles. The number of urea groups is 1. The Kier molecular flexibility index (Phi) is 6.49. The summed E-state index contributed by atoms with van der Waals surface area (Å²) in [5, 5.41) is 5.81. The molecule has 0 aliphatic rings. The molecule has 0 atom stereocenters. The molecule has 6 heteroatoms. The fourth-order valence-corrected chi connectivity index (χ4v) is 2.02. The first-order chi connectivity index (χ1) is 10.3. The zero-order valence-electron chi connectivity index (χ0n) is 14.3. The Morgan fingerprint density at radius 1 is 1.18 bits per heavy atom. The van der Waals surface area contributed by atoms with Crippen LogP contribution >= 0.6 is 0 Å². The zero-order chi connectivity index (χ0) is 16.8. The Morgan fingerprint density at radius 3 is 2.36 bits per heavy atom. The van der Waals surface area contributed by atoms with Crippen molar-refractivity contribution in [3.05, 3.63) is 23.8 Å². The molecule has 0 aromatic heterocycles. The van der Waals surface area contributed by atoms with Crippen molar-refractivity contribution in [3.63, 3.8) is 0 Å². The maximum atomic E-state index is 12.0. The quantitative estimate of drug-likeness (QED) is 0.806. The first-order valence-electron chi connectivity index (χ1n) is 7.23. The van der Waals surface area contributed by atoms with E-state index in [1.165, 1.54) is 0 Å². The van der Waals surface area contributed by atoms with Gasteiger partial charge in [-0.3, -0.25) is 0 Å². The van der Waals surface area contributed by atoms with Gasteiger partial charge in [-0.1, -0.05) is 6.07 Å². The number of ether oxygens (including phenoxy) is 2. The van der Waals surface area contributed by atoms with Crippen molar-refractivity contribution in [1.82, 2.24) is 15.5 Å². The maximum absolute atomic E-state index is 12.0. The SMILES string of the molecule is COc1ccc(C(C)(C)NC(=O)NCCN(C)C)cc1OC. The average molecular weight is 309 g/mol. The van der Waals surface area contributed by atoms with Crippen LogP contribution in [0.3, 0.4) is 0 Å². The highest BCUT2D eigenvalue weighted by Crippen LogP contribution is 2.31. The van der Waals surface area contributed by atoms with Crippen LogP contribution in [0.1, 0.15) is 19.4 Å². The van der Waals surface area contributed by atoms with E-state index in [9.17, 15) is 4.79 Å². The molecule has 0 bridgehead atoms. The van der Waals surface area contributed by atoms with Gasteiger partial charge in [0.15, 0.2) is 11.5 Å². The van der Waals surface area contributed by atoms with Gasteiger partial charge in [-0.25, -0.2) is 4.79 Å². The lowest BCUT2D eigenvalue weighted by atomic mass is 9.94. The third kappa shape index (κ3) is 5.11. The number of rotatable bonds is 7. The van der Waals surface area contributed by atoms with Gasteiger partial charge in [-0.15, -0.1) is 0 Å². The van der Waals surface area contributed by atoms with Gasteiger partial charge >= 0.3 is 6.03 Å². The molecule has 2 N–H and O–H groups in total. The summed E-state index contributed by atoms with van der Waals surface area (Å²) in [6, 6.07) is 5.43. The predicted octanol–water partition coefficient (Wildman–Crippen LogP) is 1.80. The minimum absolute atomic E-state index is 0.193. The minimum Gasteiger partial charge on any atom is -0.493 e. The molecule has 22 heavy (non-hydrogen) atoms. The lowest BCUT2D eigenvalue weighted by Crippen LogP contribution is -2.47. The van der Waals surface area contributed by atoms with E-state index in [1.54, 1.807) is 14.2 Å². The zero-order valence-corrected chi connectivity index (χ0v) is 14.3. The van der Waals surface area contributed by atoms with E-state index < -0.39 is 5.54 Å². The van der Waals surface area contributed by atoms with Crippen molar-refractivity contribution in [3.8, 4) is 11.5 Å². The Hall–Kier alpha value is -1.95. The number of methoxy groups -OCH3 is 2. The lowest BCUT2D eigenvalue weighted by molar-refractivity contribution is 0.228. The Morgan fingerprint density at radius 2 is 1.82 bits per heavy atom. The molecule has 0 saturated heterocycles. The third-order valence-corrected chi connectivity index (χ3v) is 3.38. The number of hydrogen-bond acceptors (Lipinski definition) is 4. The summed E-state index contributed by atoms with van der Waals surface area (Å²) in [5.41, 5.74) is 0.412. The molecule has 2 amide bonds. The average Bonchev–Trinajstić information content (AvgIpc) is 2.45. The van der Waals surface area contributed by atoms with Crippen molar-refractivity contribution in [2.75, 3.05) is 41.4 Å². The summed E-state index contributed by atoms with van der Waals surface area (Å²) in [4.78, 5) is 14.0. The number of nitrogens with zero attached hydrogens (tertiary/aromatic N) is 1. The molecule has 0 aliphatic heterocycles. The summed E-state index contributed by atoms with van der Waals surface area (Å²) in [6.45, 7) is 5.28. The van der Waals surface area contributed by atoms with Crippen molar-refractivity contribution in [2.24, 2.45) is 0 Å². The van der Waals surface area contributed by atoms with E-state index in [0.717, 1.165) is 12.1 Å². The lowest BCUT2D eigenvalue weighted by Gasteiger charge is -2.28. The van der Waals surface area contributed by atoms with Gasteiger partial charge < -0.3 is 25.0 Å². The minimum atomic E-state index is -0.526. The topological polar surface area (TPSA) is 62.8 Å². The fraction of sp³-hybridized carbons (Fsp3) is 0.562. The number of hydrogen-bond donors (Lipinski definition) is 2. The van der Waals surface area contributed by atoms with Gasteiger partial charge in [0.1, 0.15) is 0 Å². The molecule has 0 saturated carbocycles. The first-order valence-corrected chi connectivity index (χ1v) is 7.23. The van der Waals surface area contributed by atoms with Crippen LogP contribution in [0.15, 0.2) is 18.2 Å². The number of likely N-dealkylation sites (N-methyl/N-ethyl adjacent to an activating group) is 1. The second-order valence-corrected chi connectivity index (χ2v) is 5.88. The molecule has 0 unspecified atom stereocenters. The Labute approximate surface area is 132 Å². The van der Waals surface area contributed by atoms with Crippen molar-refractivity contribution < 1.29 is 14.3 Å². The summed E-state index contributed by atoms with van der Waals surface area (Å²) in [6.07, 6.45) is 0.